The maximum atomic E-state index is 10.3. The molecule has 0 saturated heterocycles. The van der Waals surface area contributed by atoms with Crippen LogP contribution in [0.25, 0.3) is 0 Å². The summed E-state index contributed by atoms with van der Waals surface area (Å²) in [6, 6.07) is 0.242. The molecule has 0 saturated carbocycles. The van der Waals surface area contributed by atoms with E-state index >= 15 is 0 Å². The molecule has 92 valence electrons. The van der Waals surface area contributed by atoms with Crippen LogP contribution in [0.15, 0.2) is 6.33 Å². The number of nitrogens with zero attached hydrogens (tertiary/aromatic N) is 3. The summed E-state index contributed by atoms with van der Waals surface area (Å²) in [7, 11) is 1.59. The van der Waals surface area contributed by atoms with Gasteiger partial charge in [-0.05, 0) is 27.7 Å². The standard InChI is InChI=1S/C11H21N3O2/c1-8(2)14-10(12-7-13-14)6-11(4,15)9(3)16-5/h7-9,15H,6H2,1-5H3. The first kappa shape index (κ1) is 13.1. The third-order valence-electron chi connectivity index (χ3n) is 2.88. The average molecular weight is 227 g/mol. The SMILES string of the molecule is COC(C)C(C)(O)Cc1ncnn1C(C)C. The van der Waals surface area contributed by atoms with Crippen molar-refractivity contribution in [3.05, 3.63) is 12.2 Å². The fraction of sp³-hybridized carbons (Fsp3) is 0.818. The van der Waals surface area contributed by atoms with E-state index in [0.29, 0.717) is 6.42 Å². The van der Waals surface area contributed by atoms with E-state index in [4.69, 9.17) is 4.74 Å². The molecule has 0 fully saturated rings. The van der Waals surface area contributed by atoms with Gasteiger partial charge in [0, 0.05) is 19.6 Å². The summed E-state index contributed by atoms with van der Waals surface area (Å²) < 4.78 is 6.97. The fourth-order valence-corrected chi connectivity index (χ4v) is 1.55. The molecule has 0 radical (unpaired) electrons. The number of methoxy groups -OCH3 is 1. The molecule has 5 nitrogen and oxygen atoms in total. The number of hydrogen-bond acceptors (Lipinski definition) is 4. The minimum absolute atomic E-state index is 0.242. The van der Waals surface area contributed by atoms with Gasteiger partial charge in [-0.25, -0.2) is 9.67 Å². The average Bonchev–Trinajstić information content (AvgIpc) is 2.63. The Morgan fingerprint density at radius 3 is 2.62 bits per heavy atom. The Labute approximate surface area is 96.5 Å². The zero-order valence-corrected chi connectivity index (χ0v) is 10.6. The fourth-order valence-electron chi connectivity index (χ4n) is 1.55. The van der Waals surface area contributed by atoms with Crippen LogP contribution in [-0.2, 0) is 11.2 Å². The second-order valence-electron chi connectivity index (χ2n) is 4.63. The maximum Gasteiger partial charge on any atom is 0.138 e. The van der Waals surface area contributed by atoms with Crippen LogP contribution in [0, 0.1) is 0 Å². The molecular formula is C11H21N3O2. The van der Waals surface area contributed by atoms with Gasteiger partial charge in [0.05, 0.1) is 11.7 Å². The van der Waals surface area contributed by atoms with Crippen molar-refractivity contribution in [3.8, 4) is 0 Å². The van der Waals surface area contributed by atoms with E-state index in [1.165, 1.54) is 6.33 Å². The lowest BCUT2D eigenvalue weighted by Crippen LogP contribution is -2.41. The van der Waals surface area contributed by atoms with Crippen molar-refractivity contribution in [3.63, 3.8) is 0 Å². The van der Waals surface area contributed by atoms with Gasteiger partial charge in [-0.2, -0.15) is 5.10 Å². The first-order valence-corrected chi connectivity index (χ1v) is 5.52. The van der Waals surface area contributed by atoms with Gasteiger partial charge in [-0.3, -0.25) is 0 Å². The summed E-state index contributed by atoms with van der Waals surface area (Å²) >= 11 is 0. The van der Waals surface area contributed by atoms with Gasteiger partial charge >= 0.3 is 0 Å². The van der Waals surface area contributed by atoms with Crippen molar-refractivity contribution < 1.29 is 9.84 Å². The highest BCUT2D eigenvalue weighted by molar-refractivity contribution is 4.96. The van der Waals surface area contributed by atoms with Crippen LogP contribution in [0.4, 0.5) is 0 Å². The summed E-state index contributed by atoms with van der Waals surface area (Å²) in [4.78, 5) is 4.18. The Morgan fingerprint density at radius 2 is 2.12 bits per heavy atom. The lowest BCUT2D eigenvalue weighted by molar-refractivity contribution is -0.0731. The maximum absolute atomic E-state index is 10.3. The summed E-state index contributed by atoms with van der Waals surface area (Å²) in [6.45, 7) is 7.66. The Balaban J connectivity index is 2.83. The largest absolute Gasteiger partial charge is 0.387 e. The van der Waals surface area contributed by atoms with E-state index in [-0.39, 0.29) is 12.1 Å². The van der Waals surface area contributed by atoms with Crippen LogP contribution >= 0.6 is 0 Å². The second-order valence-corrected chi connectivity index (χ2v) is 4.63. The molecule has 0 amide bonds. The molecular weight excluding hydrogens is 206 g/mol. The molecule has 0 aliphatic rings. The van der Waals surface area contributed by atoms with Crippen molar-refractivity contribution in [1.82, 2.24) is 14.8 Å². The highest BCUT2D eigenvalue weighted by Crippen LogP contribution is 2.19. The smallest absolute Gasteiger partial charge is 0.138 e. The van der Waals surface area contributed by atoms with Gasteiger partial charge in [-0.15, -0.1) is 0 Å². The van der Waals surface area contributed by atoms with Crippen molar-refractivity contribution in [2.45, 2.75) is 51.9 Å². The van der Waals surface area contributed by atoms with Gasteiger partial charge in [0.2, 0.25) is 0 Å². The molecule has 1 N–H and O–H groups in total. The molecule has 0 aromatic carbocycles. The van der Waals surface area contributed by atoms with Crippen molar-refractivity contribution in [2.75, 3.05) is 7.11 Å². The zero-order chi connectivity index (χ0) is 12.3. The summed E-state index contributed by atoms with van der Waals surface area (Å²) in [5, 5.41) is 14.4. The summed E-state index contributed by atoms with van der Waals surface area (Å²) in [5.41, 5.74) is -0.936. The highest BCUT2D eigenvalue weighted by Gasteiger charge is 2.30. The molecule has 2 unspecified atom stereocenters. The van der Waals surface area contributed by atoms with Gasteiger partial charge in [0.1, 0.15) is 12.2 Å². The lowest BCUT2D eigenvalue weighted by atomic mass is 9.95. The van der Waals surface area contributed by atoms with Crippen molar-refractivity contribution in [1.29, 1.82) is 0 Å². The minimum Gasteiger partial charge on any atom is -0.387 e. The van der Waals surface area contributed by atoms with Crippen LogP contribution in [0.5, 0.6) is 0 Å². The molecule has 16 heavy (non-hydrogen) atoms. The van der Waals surface area contributed by atoms with E-state index in [1.54, 1.807) is 14.0 Å². The van der Waals surface area contributed by atoms with E-state index in [1.807, 2.05) is 25.5 Å². The molecule has 1 rings (SSSR count). The third-order valence-corrected chi connectivity index (χ3v) is 2.88. The lowest BCUT2D eigenvalue weighted by Gasteiger charge is -2.29. The molecule has 1 heterocycles. The van der Waals surface area contributed by atoms with Gasteiger partial charge in [0.15, 0.2) is 0 Å². The molecule has 0 aliphatic carbocycles. The topological polar surface area (TPSA) is 60.2 Å². The number of aliphatic hydroxyl groups is 1. The Morgan fingerprint density at radius 1 is 1.50 bits per heavy atom. The molecule has 0 aliphatic heterocycles. The van der Waals surface area contributed by atoms with E-state index in [2.05, 4.69) is 10.1 Å². The van der Waals surface area contributed by atoms with Gasteiger partial charge in [-0.1, -0.05) is 0 Å². The van der Waals surface area contributed by atoms with Crippen LogP contribution in [0.2, 0.25) is 0 Å². The van der Waals surface area contributed by atoms with Crippen LogP contribution < -0.4 is 0 Å². The van der Waals surface area contributed by atoms with E-state index < -0.39 is 5.60 Å². The number of aromatic nitrogens is 3. The Kier molecular flexibility index (Phi) is 4.04. The van der Waals surface area contributed by atoms with Crippen molar-refractivity contribution >= 4 is 0 Å². The predicted octanol–water partition coefficient (Wildman–Crippen LogP) is 1.19. The zero-order valence-electron chi connectivity index (χ0n) is 10.6. The van der Waals surface area contributed by atoms with E-state index in [0.717, 1.165) is 5.82 Å². The molecule has 0 spiro atoms. The Hall–Kier alpha value is -0.940. The third kappa shape index (κ3) is 2.80. The number of rotatable bonds is 5. The van der Waals surface area contributed by atoms with Crippen LogP contribution in [0.1, 0.15) is 39.6 Å². The number of hydrogen-bond donors (Lipinski definition) is 1. The summed E-state index contributed by atoms with van der Waals surface area (Å²) in [5.74, 6) is 0.781. The van der Waals surface area contributed by atoms with Gasteiger partial charge in [0.25, 0.3) is 0 Å². The molecule has 5 heteroatoms. The van der Waals surface area contributed by atoms with E-state index in [9.17, 15) is 5.11 Å². The predicted molar refractivity (Wildman–Crippen MR) is 61.2 cm³/mol. The normalized spacial score (nSPS) is 17.4. The van der Waals surface area contributed by atoms with Crippen LogP contribution in [-0.4, -0.2) is 38.7 Å². The Bertz CT molecular complexity index is 334. The molecule has 1 aromatic heterocycles. The first-order chi connectivity index (χ1) is 7.38. The molecule has 2 atom stereocenters. The van der Waals surface area contributed by atoms with Crippen LogP contribution in [0.3, 0.4) is 0 Å². The molecule has 0 bridgehead atoms. The highest BCUT2D eigenvalue weighted by atomic mass is 16.5. The minimum atomic E-state index is -0.936. The molecule has 1 aromatic rings. The van der Waals surface area contributed by atoms with Gasteiger partial charge < -0.3 is 9.84 Å². The quantitative estimate of drug-likeness (QED) is 0.820. The number of ether oxygens (including phenoxy) is 1. The summed E-state index contributed by atoms with van der Waals surface area (Å²) in [6.07, 6.45) is 1.70. The monoisotopic (exact) mass is 227 g/mol. The second kappa shape index (κ2) is 4.93. The van der Waals surface area contributed by atoms with Crippen molar-refractivity contribution in [2.24, 2.45) is 0 Å². The first-order valence-electron chi connectivity index (χ1n) is 5.52.